The number of oxazole rings is 1. The van der Waals surface area contributed by atoms with Crippen molar-refractivity contribution in [2.24, 2.45) is 0 Å². The average Bonchev–Trinajstić information content (AvgIpc) is 3.21. The van der Waals surface area contributed by atoms with E-state index < -0.39 is 0 Å². The van der Waals surface area contributed by atoms with Gasteiger partial charge < -0.3 is 18.8 Å². The van der Waals surface area contributed by atoms with E-state index >= 15 is 0 Å². The number of piperidine rings is 1. The molecule has 0 atom stereocenters. The fourth-order valence-corrected chi connectivity index (χ4v) is 3.89. The van der Waals surface area contributed by atoms with Crippen molar-refractivity contribution in [1.82, 2.24) is 9.88 Å². The number of ether oxygens (including phenoxy) is 2. The van der Waals surface area contributed by atoms with Gasteiger partial charge >= 0.3 is 0 Å². The van der Waals surface area contributed by atoms with Crippen molar-refractivity contribution in [2.75, 3.05) is 27.3 Å². The predicted molar refractivity (Wildman–Crippen MR) is 110 cm³/mol. The number of nitrogens with zero attached hydrogens (tertiary/aromatic N) is 2. The SMILES string of the molecule is COc1ccc(CCC(=O)N2CCC(c3nc4ccccc4o3)CC2)cc1OC. The summed E-state index contributed by atoms with van der Waals surface area (Å²) in [4.78, 5) is 19.2. The monoisotopic (exact) mass is 394 g/mol. The first-order chi connectivity index (χ1) is 14.2. The van der Waals surface area contributed by atoms with Crippen LogP contribution in [0.4, 0.5) is 0 Å². The lowest BCUT2D eigenvalue weighted by Crippen LogP contribution is -2.38. The summed E-state index contributed by atoms with van der Waals surface area (Å²) in [5, 5.41) is 0. The van der Waals surface area contributed by atoms with Crippen LogP contribution in [-0.2, 0) is 11.2 Å². The average molecular weight is 394 g/mol. The molecule has 4 rings (SSSR count). The van der Waals surface area contributed by atoms with Crippen molar-refractivity contribution in [3.8, 4) is 11.5 Å². The molecule has 29 heavy (non-hydrogen) atoms. The number of para-hydroxylation sites is 2. The standard InChI is InChI=1S/C23H26N2O4/c1-27-20-9-7-16(15-21(20)28-2)8-10-22(26)25-13-11-17(12-14-25)23-24-18-5-3-4-6-19(18)29-23/h3-7,9,15,17H,8,10-14H2,1-2H3. The third-order valence-corrected chi connectivity index (χ3v) is 5.58. The van der Waals surface area contributed by atoms with Crippen molar-refractivity contribution in [3.63, 3.8) is 0 Å². The smallest absolute Gasteiger partial charge is 0.222 e. The van der Waals surface area contributed by atoms with Crippen LogP contribution in [0.3, 0.4) is 0 Å². The van der Waals surface area contributed by atoms with Crippen molar-refractivity contribution in [2.45, 2.75) is 31.6 Å². The van der Waals surface area contributed by atoms with Crippen LogP contribution in [0.5, 0.6) is 11.5 Å². The molecule has 6 heteroatoms. The fraction of sp³-hybridized carbons (Fsp3) is 0.391. The van der Waals surface area contributed by atoms with Crippen molar-refractivity contribution in [3.05, 3.63) is 53.9 Å². The highest BCUT2D eigenvalue weighted by atomic mass is 16.5. The summed E-state index contributed by atoms with van der Waals surface area (Å²) in [6.45, 7) is 1.49. The summed E-state index contributed by atoms with van der Waals surface area (Å²) in [5.41, 5.74) is 2.80. The van der Waals surface area contributed by atoms with Gasteiger partial charge in [-0.1, -0.05) is 18.2 Å². The van der Waals surface area contributed by atoms with Crippen LogP contribution in [0.15, 0.2) is 46.9 Å². The Hall–Kier alpha value is -3.02. The summed E-state index contributed by atoms with van der Waals surface area (Å²) in [6.07, 6.45) is 2.94. The number of hydrogen-bond donors (Lipinski definition) is 0. The zero-order chi connectivity index (χ0) is 20.2. The van der Waals surface area contributed by atoms with E-state index in [9.17, 15) is 4.79 Å². The summed E-state index contributed by atoms with van der Waals surface area (Å²) in [5.74, 6) is 2.65. The highest BCUT2D eigenvalue weighted by molar-refractivity contribution is 5.76. The molecule has 1 amide bonds. The third kappa shape index (κ3) is 4.21. The minimum atomic E-state index is 0.191. The first-order valence-electron chi connectivity index (χ1n) is 10.0. The van der Waals surface area contributed by atoms with Gasteiger partial charge in [0.2, 0.25) is 5.91 Å². The molecule has 0 bridgehead atoms. The van der Waals surface area contributed by atoms with Crippen LogP contribution in [0.2, 0.25) is 0 Å². The molecule has 0 saturated carbocycles. The molecular formula is C23H26N2O4. The number of methoxy groups -OCH3 is 2. The van der Waals surface area contributed by atoms with E-state index in [1.807, 2.05) is 47.4 Å². The van der Waals surface area contributed by atoms with Crippen molar-refractivity contribution < 1.29 is 18.7 Å². The molecule has 1 aliphatic rings. The quantitative estimate of drug-likeness (QED) is 0.627. The second-order valence-electron chi connectivity index (χ2n) is 7.36. The van der Waals surface area contributed by atoms with Gasteiger partial charge in [0.25, 0.3) is 0 Å². The number of hydrogen-bond acceptors (Lipinski definition) is 5. The summed E-state index contributed by atoms with van der Waals surface area (Å²) in [7, 11) is 3.24. The minimum absolute atomic E-state index is 0.191. The van der Waals surface area contributed by atoms with Gasteiger partial charge in [0.05, 0.1) is 14.2 Å². The molecule has 1 aromatic heterocycles. The second-order valence-corrected chi connectivity index (χ2v) is 7.36. The summed E-state index contributed by atoms with van der Waals surface area (Å²) in [6, 6.07) is 13.6. The van der Waals surface area contributed by atoms with E-state index in [2.05, 4.69) is 4.98 Å². The lowest BCUT2D eigenvalue weighted by molar-refractivity contribution is -0.132. The highest BCUT2D eigenvalue weighted by Gasteiger charge is 2.26. The maximum Gasteiger partial charge on any atom is 0.222 e. The lowest BCUT2D eigenvalue weighted by atomic mass is 9.96. The van der Waals surface area contributed by atoms with Gasteiger partial charge in [-0.25, -0.2) is 4.98 Å². The van der Waals surface area contributed by atoms with Crippen molar-refractivity contribution >= 4 is 17.0 Å². The molecule has 6 nitrogen and oxygen atoms in total. The molecule has 152 valence electrons. The second kappa shape index (κ2) is 8.55. The lowest BCUT2D eigenvalue weighted by Gasteiger charge is -2.30. The Labute approximate surface area is 170 Å². The molecule has 2 aromatic carbocycles. The van der Waals surface area contributed by atoms with E-state index in [0.29, 0.717) is 24.3 Å². The van der Waals surface area contributed by atoms with Gasteiger partial charge in [-0.2, -0.15) is 0 Å². The molecule has 1 saturated heterocycles. The maximum absolute atomic E-state index is 12.7. The Bertz CT molecular complexity index is 956. The molecule has 1 aliphatic heterocycles. The molecule has 0 aliphatic carbocycles. The van der Waals surface area contributed by atoms with E-state index in [1.165, 1.54) is 0 Å². The number of rotatable bonds is 6. The molecule has 0 N–H and O–H groups in total. The van der Waals surface area contributed by atoms with E-state index in [0.717, 1.165) is 48.5 Å². The number of fused-ring (bicyclic) bond motifs is 1. The maximum atomic E-state index is 12.7. The van der Waals surface area contributed by atoms with E-state index in [1.54, 1.807) is 14.2 Å². The molecule has 0 radical (unpaired) electrons. The molecule has 0 spiro atoms. The van der Waals surface area contributed by atoms with Crippen LogP contribution in [0.1, 0.15) is 36.6 Å². The summed E-state index contributed by atoms with van der Waals surface area (Å²) >= 11 is 0. The molecule has 2 heterocycles. The summed E-state index contributed by atoms with van der Waals surface area (Å²) < 4.78 is 16.5. The van der Waals surface area contributed by atoms with Gasteiger partial charge in [0, 0.05) is 25.4 Å². The minimum Gasteiger partial charge on any atom is -0.493 e. The van der Waals surface area contributed by atoms with E-state index in [4.69, 9.17) is 13.9 Å². The highest BCUT2D eigenvalue weighted by Crippen LogP contribution is 2.31. The first kappa shape index (κ1) is 19.3. The topological polar surface area (TPSA) is 64.8 Å². The molecule has 3 aromatic rings. The first-order valence-corrected chi connectivity index (χ1v) is 10.0. The number of likely N-dealkylation sites (tertiary alicyclic amines) is 1. The van der Waals surface area contributed by atoms with Gasteiger partial charge in [-0.3, -0.25) is 4.79 Å². The number of benzene rings is 2. The number of carbonyl (C=O) groups excluding carboxylic acids is 1. The third-order valence-electron chi connectivity index (χ3n) is 5.58. The zero-order valence-electron chi connectivity index (χ0n) is 16.9. The Morgan fingerprint density at radius 3 is 2.59 bits per heavy atom. The van der Waals surface area contributed by atoms with Gasteiger partial charge in [0.15, 0.2) is 23.0 Å². The zero-order valence-corrected chi connectivity index (χ0v) is 16.9. The normalized spacial score (nSPS) is 14.9. The fourth-order valence-electron chi connectivity index (χ4n) is 3.89. The number of aromatic nitrogens is 1. The van der Waals surface area contributed by atoms with Gasteiger partial charge in [-0.15, -0.1) is 0 Å². The molecule has 0 unspecified atom stereocenters. The molecule has 1 fully saturated rings. The largest absolute Gasteiger partial charge is 0.493 e. The van der Waals surface area contributed by atoms with Crippen molar-refractivity contribution in [1.29, 1.82) is 0 Å². The number of carbonyl (C=O) groups is 1. The van der Waals surface area contributed by atoms with Crippen LogP contribution in [-0.4, -0.2) is 43.1 Å². The van der Waals surface area contributed by atoms with E-state index in [-0.39, 0.29) is 11.8 Å². The number of aryl methyl sites for hydroxylation is 1. The van der Waals surface area contributed by atoms with Gasteiger partial charge in [-0.05, 0) is 49.1 Å². The van der Waals surface area contributed by atoms with Crippen LogP contribution in [0, 0.1) is 0 Å². The van der Waals surface area contributed by atoms with Crippen LogP contribution >= 0.6 is 0 Å². The Morgan fingerprint density at radius 2 is 1.86 bits per heavy atom. The Morgan fingerprint density at radius 1 is 1.10 bits per heavy atom. The van der Waals surface area contributed by atoms with Gasteiger partial charge in [0.1, 0.15) is 5.52 Å². The van der Waals surface area contributed by atoms with Crippen LogP contribution in [0.25, 0.3) is 11.1 Å². The predicted octanol–water partition coefficient (Wildman–Crippen LogP) is 4.18. The Kier molecular flexibility index (Phi) is 5.69. The number of amides is 1. The Balaban J connectivity index is 1.31. The molecular weight excluding hydrogens is 368 g/mol. The van der Waals surface area contributed by atoms with Crippen LogP contribution < -0.4 is 9.47 Å².